The van der Waals surface area contributed by atoms with E-state index in [1.54, 1.807) is 12.3 Å². The number of ether oxygens (including phenoxy) is 1. The predicted octanol–water partition coefficient (Wildman–Crippen LogP) is 5.01. The van der Waals surface area contributed by atoms with Crippen LogP contribution in [0.4, 0.5) is 5.69 Å². The van der Waals surface area contributed by atoms with E-state index in [2.05, 4.69) is 78.2 Å². The number of carbonyl (C=O) groups excluding carboxylic acids is 1. The van der Waals surface area contributed by atoms with Gasteiger partial charge in [-0.2, -0.15) is 5.10 Å². The number of nitrogens with zero attached hydrogens (tertiary/aromatic N) is 2. The van der Waals surface area contributed by atoms with Gasteiger partial charge in [-0.1, -0.05) is 28.9 Å². The highest BCUT2D eigenvalue weighted by Gasteiger charge is 2.34. The van der Waals surface area contributed by atoms with Gasteiger partial charge in [0, 0.05) is 22.7 Å². The van der Waals surface area contributed by atoms with Crippen molar-refractivity contribution in [2.75, 3.05) is 18.6 Å². The number of benzene rings is 2. The minimum atomic E-state index is -0.299. The first-order valence-electron chi connectivity index (χ1n) is 9.76. The standard InChI is InChI=1S/C23H28BrN3O2/c1-15-9-21-20(16(2)12-23(3,4)27(21)5)10-17(15)13-25-26-22(28)14-29-19-8-6-7-18(24)11-19/h6-11,13,16H,12,14H2,1-5H3,(H,26,28)/b25-13+/t16-/m0/s1. The average Bonchev–Trinajstić information content (AvgIpc) is 2.65. The summed E-state index contributed by atoms with van der Waals surface area (Å²) in [6, 6.07) is 11.8. The van der Waals surface area contributed by atoms with Crippen molar-refractivity contribution in [2.45, 2.75) is 45.6 Å². The van der Waals surface area contributed by atoms with E-state index in [1.807, 2.05) is 18.2 Å². The Hall–Kier alpha value is -2.34. The maximum atomic E-state index is 12.0. The quantitative estimate of drug-likeness (QED) is 0.507. The molecule has 0 saturated carbocycles. The van der Waals surface area contributed by atoms with Crippen molar-refractivity contribution in [3.63, 3.8) is 0 Å². The molecule has 0 spiro atoms. The van der Waals surface area contributed by atoms with Gasteiger partial charge in [0.2, 0.25) is 0 Å². The van der Waals surface area contributed by atoms with Gasteiger partial charge in [-0.25, -0.2) is 5.43 Å². The molecule has 154 valence electrons. The molecule has 29 heavy (non-hydrogen) atoms. The smallest absolute Gasteiger partial charge is 0.277 e. The van der Waals surface area contributed by atoms with Crippen LogP contribution in [0.2, 0.25) is 0 Å². The first kappa shape index (κ1) is 21.4. The molecule has 5 nitrogen and oxygen atoms in total. The van der Waals surface area contributed by atoms with Gasteiger partial charge in [0.1, 0.15) is 5.75 Å². The number of nitrogens with one attached hydrogen (secondary N) is 1. The summed E-state index contributed by atoms with van der Waals surface area (Å²) in [6.07, 6.45) is 2.80. The zero-order valence-corrected chi connectivity index (χ0v) is 19.2. The van der Waals surface area contributed by atoms with Crippen molar-refractivity contribution < 1.29 is 9.53 Å². The zero-order valence-electron chi connectivity index (χ0n) is 17.6. The Morgan fingerprint density at radius 2 is 2.14 bits per heavy atom. The molecule has 6 heteroatoms. The molecule has 1 aliphatic heterocycles. The number of carbonyl (C=O) groups is 1. The fourth-order valence-corrected chi connectivity index (χ4v) is 4.16. The third-order valence-electron chi connectivity index (χ3n) is 5.58. The minimum absolute atomic E-state index is 0.0894. The third kappa shape index (κ3) is 4.99. The summed E-state index contributed by atoms with van der Waals surface area (Å²) in [7, 11) is 2.16. The lowest BCUT2D eigenvalue weighted by atomic mass is 9.79. The molecule has 0 fully saturated rings. The number of rotatable bonds is 5. The van der Waals surface area contributed by atoms with Crippen LogP contribution in [0.3, 0.4) is 0 Å². The number of halogens is 1. The molecule has 2 aromatic rings. The molecule has 1 heterocycles. The molecule has 0 bridgehead atoms. The van der Waals surface area contributed by atoms with E-state index in [-0.39, 0.29) is 18.1 Å². The molecule has 0 unspecified atom stereocenters. The number of anilines is 1. The van der Waals surface area contributed by atoms with Gasteiger partial charge in [0.15, 0.2) is 6.61 Å². The number of hydrogen-bond acceptors (Lipinski definition) is 4. The Balaban J connectivity index is 1.65. The van der Waals surface area contributed by atoms with Crippen molar-refractivity contribution in [3.05, 3.63) is 57.6 Å². The maximum Gasteiger partial charge on any atom is 0.277 e. The van der Waals surface area contributed by atoms with E-state index in [0.29, 0.717) is 11.7 Å². The molecule has 0 saturated heterocycles. The van der Waals surface area contributed by atoms with Crippen molar-refractivity contribution >= 4 is 33.7 Å². The molecular formula is C23H28BrN3O2. The number of amides is 1. The maximum absolute atomic E-state index is 12.0. The third-order valence-corrected chi connectivity index (χ3v) is 6.07. The van der Waals surface area contributed by atoms with Crippen LogP contribution in [-0.4, -0.2) is 31.3 Å². The summed E-state index contributed by atoms with van der Waals surface area (Å²) in [4.78, 5) is 14.4. The normalized spacial score (nSPS) is 17.9. The van der Waals surface area contributed by atoms with Gasteiger partial charge < -0.3 is 9.64 Å². The van der Waals surface area contributed by atoms with E-state index >= 15 is 0 Å². The summed E-state index contributed by atoms with van der Waals surface area (Å²) >= 11 is 3.38. The van der Waals surface area contributed by atoms with Crippen molar-refractivity contribution in [2.24, 2.45) is 5.10 Å². The Kier molecular flexibility index (Phi) is 6.32. The van der Waals surface area contributed by atoms with Crippen LogP contribution in [0, 0.1) is 6.92 Å². The first-order chi connectivity index (χ1) is 13.7. The summed E-state index contributed by atoms with van der Waals surface area (Å²) in [5.41, 5.74) is 7.41. The number of hydrazone groups is 1. The van der Waals surface area contributed by atoms with Crippen LogP contribution in [0.5, 0.6) is 5.75 Å². The van der Waals surface area contributed by atoms with E-state index in [1.165, 1.54) is 11.3 Å². The molecule has 0 aliphatic carbocycles. The second-order valence-corrected chi connectivity index (χ2v) is 9.20. The number of fused-ring (bicyclic) bond motifs is 1. The van der Waals surface area contributed by atoms with E-state index in [9.17, 15) is 4.79 Å². The largest absolute Gasteiger partial charge is 0.484 e. The first-order valence-corrected chi connectivity index (χ1v) is 10.6. The molecule has 3 rings (SSSR count). The van der Waals surface area contributed by atoms with Crippen LogP contribution in [0.25, 0.3) is 0 Å². The lowest BCUT2D eigenvalue weighted by Crippen LogP contribution is -2.45. The van der Waals surface area contributed by atoms with Crippen molar-refractivity contribution in [1.29, 1.82) is 0 Å². The van der Waals surface area contributed by atoms with Gasteiger partial charge in [0.05, 0.1) is 6.21 Å². The average molecular weight is 458 g/mol. The highest BCUT2D eigenvalue weighted by Crippen LogP contribution is 2.43. The highest BCUT2D eigenvalue weighted by molar-refractivity contribution is 9.10. The van der Waals surface area contributed by atoms with E-state index in [0.717, 1.165) is 22.0 Å². The second kappa shape index (κ2) is 8.57. The van der Waals surface area contributed by atoms with Crippen LogP contribution >= 0.6 is 15.9 Å². The molecule has 0 radical (unpaired) electrons. The Morgan fingerprint density at radius 1 is 1.38 bits per heavy atom. The lowest BCUT2D eigenvalue weighted by molar-refractivity contribution is -0.123. The summed E-state index contributed by atoms with van der Waals surface area (Å²) in [5, 5.41) is 4.13. The number of hydrogen-bond donors (Lipinski definition) is 1. The van der Waals surface area contributed by atoms with Crippen LogP contribution in [-0.2, 0) is 4.79 Å². The second-order valence-electron chi connectivity index (χ2n) is 8.28. The lowest BCUT2D eigenvalue weighted by Gasteiger charge is -2.45. The van der Waals surface area contributed by atoms with Crippen LogP contribution in [0.15, 0.2) is 46.0 Å². The molecule has 1 amide bonds. The summed E-state index contributed by atoms with van der Waals surface area (Å²) < 4.78 is 6.38. The van der Waals surface area contributed by atoms with Crippen LogP contribution < -0.4 is 15.1 Å². The number of aryl methyl sites for hydroxylation is 1. The molecule has 1 aliphatic rings. The van der Waals surface area contributed by atoms with Gasteiger partial charge in [-0.15, -0.1) is 0 Å². The Labute approximate surface area is 181 Å². The highest BCUT2D eigenvalue weighted by atomic mass is 79.9. The predicted molar refractivity (Wildman–Crippen MR) is 122 cm³/mol. The molecule has 1 N–H and O–H groups in total. The fraction of sp³-hybridized carbons (Fsp3) is 0.391. The Morgan fingerprint density at radius 3 is 2.86 bits per heavy atom. The summed E-state index contributed by atoms with van der Waals surface area (Å²) in [5.74, 6) is 0.800. The fourth-order valence-electron chi connectivity index (χ4n) is 3.79. The molecular weight excluding hydrogens is 430 g/mol. The van der Waals surface area contributed by atoms with Gasteiger partial charge >= 0.3 is 0 Å². The monoisotopic (exact) mass is 457 g/mol. The van der Waals surface area contributed by atoms with Crippen molar-refractivity contribution in [1.82, 2.24) is 5.43 Å². The van der Waals surface area contributed by atoms with Gasteiger partial charge in [0.25, 0.3) is 5.91 Å². The molecule has 0 aromatic heterocycles. The van der Waals surface area contributed by atoms with Gasteiger partial charge in [-0.3, -0.25) is 4.79 Å². The summed E-state index contributed by atoms with van der Waals surface area (Å²) in [6.45, 7) is 8.81. The molecule has 2 aromatic carbocycles. The Bertz CT molecular complexity index is 940. The van der Waals surface area contributed by atoms with E-state index < -0.39 is 0 Å². The topological polar surface area (TPSA) is 53.9 Å². The van der Waals surface area contributed by atoms with E-state index in [4.69, 9.17) is 4.74 Å². The van der Waals surface area contributed by atoms with Crippen LogP contribution in [0.1, 0.15) is 49.8 Å². The zero-order chi connectivity index (χ0) is 21.2. The molecule has 1 atom stereocenters. The van der Waals surface area contributed by atoms with Crippen molar-refractivity contribution in [3.8, 4) is 5.75 Å². The van der Waals surface area contributed by atoms with Gasteiger partial charge in [-0.05, 0) is 80.1 Å². The minimum Gasteiger partial charge on any atom is -0.484 e. The SMILES string of the molecule is Cc1cc2c(cc1/C=N/NC(=O)COc1cccc(Br)c1)[C@@H](C)CC(C)(C)N2C.